The van der Waals surface area contributed by atoms with E-state index in [1.807, 2.05) is 6.92 Å². The molecule has 4 aliphatic rings. The molecule has 6 heterocycles. The molecular weight excluding hydrogens is 671 g/mol. The molecule has 0 radical (unpaired) electrons. The van der Waals surface area contributed by atoms with Crippen LogP contribution in [0.25, 0.3) is 43.7 Å². The van der Waals surface area contributed by atoms with Crippen LogP contribution in [0.3, 0.4) is 0 Å². The molecular formula is C39H40F3N7O3. The van der Waals surface area contributed by atoms with E-state index in [1.165, 1.54) is 24.3 Å². The largest absolute Gasteiger partial charge is 0.508 e. The van der Waals surface area contributed by atoms with Gasteiger partial charge in [-0.05, 0) is 68.3 Å². The molecule has 4 atom stereocenters. The summed E-state index contributed by atoms with van der Waals surface area (Å²) in [6, 6.07) is 5.74. The Hall–Kier alpha value is -4.64. The van der Waals surface area contributed by atoms with Crippen LogP contribution in [0.1, 0.15) is 44.6 Å². The summed E-state index contributed by atoms with van der Waals surface area (Å²) in [5, 5.41) is 21.1. The SMILES string of the molecule is C#Cc1c(F)ccc2cc(O)cc(-c3c(F)c4nc(OC[C@@]56CCCN5C[C@H](F)C6)nc(N5CC6CCC(COCC)(C5)N6)c4c4cn(C)nc34)c12. The number of rotatable bonds is 8. The molecule has 2 bridgehead atoms. The van der Waals surface area contributed by atoms with Gasteiger partial charge in [-0.25, -0.2) is 13.2 Å². The molecule has 9 rings (SSSR count). The summed E-state index contributed by atoms with van der Waals surface area (Å²) < 4.78 is 61.5. The van der Waals surface area contributed by atoms with Crippen molar-refractivity contribution >= 4 is 38.4 Å². The first-order chi connectivity index (χ1) is 25.1. The number of nitrogens with one attached hydrogen (secondary N) is 1. The number of aromatic hydroxyl groups is 1. The van der Waals surface area contributed by atoms with Crippen LogP contribution in [0.2, 0.25) is 0 Å². The van der Waals surface area contributed by atoms with Crippen molar-refractivity contribution in [2.75, 3.05) is 50.9 Å². The molecule has 2 unspecified atom stereocenters. The minimum atomic E-state index is -0.941. The van der Waals surface area contributed by atoms with Crippen LogP contribution in [0.4, 0.5) is 19.0 Å². The summed E-state index contributed by atoms with van der Waals surface area (Å²) in [4.78, 5) is 14.1. The predicted molar refractivity (Wildman–Crippen MR) is 192 cm³/mol. The molecule has 4 fully saturated rings. The lowest BCUT2D eigenvalue weighted by atomic mass is 9.91. The van der Waals surface area contributed by atoms with E-state index in [4.69, 9.17) is 31.0 Å². The molecule has 2 N–H and O–H groups in total. The number of aromatic nitrogens is 4. The summed E-state index contributed by atoms with van der Waals surface area (Å²) in [5.41, 5.74) is -0.360. The number of aryl methyl sites for hydroxylation is 1. The Morgan fingerprint density at radius 3 is 2.81 bits per heavy atom. The number of fused-ring (bicyclic) bond motifs is 7. The van der Waals surface area contributed by atoms with E-state index in [0.717, 1.165) is 32.2 Å². The second-order valence-electron chi connectivity index (χ2n) is 15.0. The molecule has 4 aliphatic heterocycles. The number of phenolic OH excluding ortho intramolecular Hbond substituents is 1. The number of halogens is 3. The zero-order valence-electron chi connectivity index (χ0n) is 29.2. The molecule has 0 amide bonds. The fourth-order valence-electron chi connectivity index (χ4n) is 9.47. The van der Waals surface area contributed by atoms with E-state index < -0.39 is 23.3 Å². The number of piperazine rings is 1. The number of anilines is 1. The molecule has 4 saturated heterocycles. The van der Waals surface area contributed by atoms with Crippen molar-refractivity contribution in [1.29, 1.82) is 0 Å². The van der Waals surface area contributed by atoms with Crippen LogP contribution in [0, 0.1) is 24.0 Å². The van der Waals surface area contributed by atoms with Crippen molar-refractivity contribution in [3.05, 3.63) is 47.7 Å². The zero-order valence-corrected chi connectivity index (χ0v) is 29.2. The standard InChI is InChI=1S/C39H40F3N7O3/c1-4-26-29(41)8-7-22-13-25(50)14-27(30(22)26)31-33(42)35-32(28-18-47(3)46-34(28)31)36(48-17-24-9-11-38(19-48,45-24)20-51-5-2)44-37(43-35)52-21-39-10-6-12-49(39)16-23(40)15-39/h1,7-8,13-14,18,23-24,45,50H,5-6,9-12,15-17,19-21H2,2-3H3/t23-,24?,38?,39+/m1/s1. The van der Waals surface area contributed by atoms with E-state index in [0.29, 0.717) is 61.2 Å². The Morgan fingerprint density at radius 2 is 1.98 bits per heavy atom. The lowest BCUT2D eigenvalue weighted by Crippen LogP contribution is -2.62. The maximum absolute atomic E-state index is 17.7. The molecule has 52 heavy (non-hydrogen) atoms. The highest BCUT2D eigenvalue weighted by molar-refractivity contribution is 6.18. The third kappa shape index (κ3) is 5.17. The zero-order chi connectivity index (χ0) is 35.9. The Bertz CT molecular complexity index is 2310. The molecule has 0 saturated carbocycles. The second kappa shape index (κ2) is 12.2. The third-order valence-corrected chi connectivity index (χ3v) is 11.6. The van der Waals surface area contributed by atoms with Gasteiger partial charge in [0.25, 0.3) is 0 Å². The molecule has 270 valence electrons. The number of terminal acetylenes is 1. The van der Waals surface area contributed by atoms with Crippen LogP contribution in [-0.2, 0) is 11.8 Å². The van der Waals surface area contributed by atoms with E-state index in [1.54, 1.807) is 17.9 Å². The summed E-state index contributed by atoms with van der Waals surface area (Å²) in [7, 11) is 1.74. The summed E-state index contributed by atoms with van der Waals surface area (Å²) in [6.45, 7) is 5.59. The normalized spacial score (nSPS) is 25.8. The van der Waals surface area contributed by atoms with Gasteiger partial charge in [0.05, 0.1) is 28.6 Å². The highest BCUT2D eigenvalue weighted by Gasteiger charge is 2.50. The van der Waals surface area contributed by atoms with Gasteiger partial charge in [-0.3, -0.25) is 9.58 Å². The first kappa shape index (κ1) is 33.2. The highest BCUT2D eigenvalue weighted by atomic mass is 19.1. The molecule has 5 aromatic rings. The fraction of sp³-hybridized carbons (Fsp3) is 0.462. The smallest absolute Gasteiger partial charge is 0.319 e. The van der Waals surface area contributed by atoms with Crippen LogP contribution in [0.5, 0.6) is 11.8 Å². The Kier molecular flexibility index (Phi) is 7.80. The van der Waals surface area contributed by atoms with Gasteiger partial charge in [0, 0.05) is 68.3 Å². The van der Waals surface area contributed by atoms with Gasteiger partial charge in [-0.1, -0.05) is 12.0 Å². The van der Waals surface area contributed by atoms with Gasteiger partial charge in [0.15, 0.2) is 5.82 Å². The van der Waals surface area contributed by atoms with Gasteiger partial charge in [-0.2, -0.15) is 15.1 Å². The molecule has 10 nitrogen and oxygen atoms in total. The van der Waals surface area contributed by atoms with Gasteiger partial charge >= 0.3 is 6.01 Å². The average molecular weight is 712 g/mol. The molecule has 0 spiro atoms. The lowest BCUT2D eigenvalue weighted by Gasteiger charge is -2.42. The van der Waals surface area contributed by atoms with Crippen LogP contribution in [-0.4, -0.2) is 99.0 Å². The average Bonchev–Trinajstić information content (AvgIpc) is 3.86. The number of ether oxygens (including phenoxy) is 2. The number of hydrogen-bond donors (Lipinski definition) is 2. The topological polar surface area (TPSA) is 101 Å². The van der Waals surface area contributed by atoms with E-state index in [2.05, 4.69) is 21.0 Å². The summed E-state index contributed by atoms with van der Waals surface area (Å²) in [5.74, 6) is 1.41. The minimum Gasteiger partial charge on any atom is -0.508 e. The Balaban J connectivity index is 1.28. The van der Waals surface area contributed by atoms with Crippen molar-refractivity contribution in [2.24, 2.45) is 7.05 Å². The monoisotopic (exact) mass is 711 g/mol. The van der Waals surface area contributed by atoms with E-state index >= 15 is 8.78 Å². The van der Waals surface area contributed by atoms with Crippen molar-refractivity contribution in [3.8, 4) is 35.2 Å². The van der Waals surface area contributed by atoms with Crippen molar-refractivity contribution in [3.63, 3.8) is 0 Å². The first-order valence-corrected chi connectivity index (χ1v) is 18.0. The number of hydrogen-bond acceptors (Lipinski definition) is 9. The van der Waals surface area contributed by atoms with Gasteiger partial charge in [0.1, 0.15) is 41.2 Å². The van der Waals surface area contributed by atoms with Gasteiger partial charge in [-0.15, -0.1) is 6.42 Å². The van der Waals surface area contributed by atoms with Crippen molar-refractivity contribution in [2.45, 2.75) is 62.3 Å². The molecule has 0 aliphatic carbocycles. The quantitative estimate of drug-likeness (QED) is 0.199. The Labute approximate surface area is 298 Å². The lowest BCUT2D eigenvalue weighted by molar-refractivity contribution is 0.0807. The van der Waals surface area contributed by atoms with Crippen molar-refractivity contribution < 1.29 is 27.8 Å². The second-order valence-corrected chi connectivity index (χ2v) is 15.0. The number of benzene rings is 3. The third-order valence-electron chi connectivity index (χ3n) is 11.6. The predicted octanol–water partition coefficient (Wildman–Crippen LogP) is 5.60. The van der Waals surface area contributed by atoms with Gasteiger partial charge < -0.3 is 24.8 Å². The van der Waals surface area contributed by atoms with Crippen LogP contribution in [0.15, 0.2) is 30.5 Å². The van der Waals surface area contributed by atoms with Crippen LogP contribution >= 0.6 is 0 Å². The fourth-order valence-corrected chi connectivity index (χ4v) is 9.47. The summed E-state index contributed by atoms with van der Waals surface area (Å²) in [6.07, 6.45) is 10.6. The number of phenols is 1. The van der Waals surface area contributed by atoms with E-state index in [9.17, 15) is 9.50 Å². The van der Waals surface area contributed by atoms with Crippen molar-refractivity contribution in [1.82, 2.24) is 30.0 Å². The Morgan fingerprint density at radius 1 is 1.12 bits per heavy atom. The van der Waals surface area contributed by atoms with E-state index in [-0.39, 0.29) is 63.1 Å². The first-order valence-electron chi connectivity index (χ1n) is 18.0. The summed E-state index contributed by atoms with van der Waals surface area (Å²) >= 11 is 0. The molecule has 2 aromatic heterocycles. The minimum absolute atomic E-state index is 0.00837. The highest BCUT2D eigenvalue weighted by Crippen LogP contribution is 2.46. The maximum atomic E-state index is 17.7. The maximum Gasteiger partial charge on any atom is 0.319 e. The molecule has 13 heteroatoms. The molecule has 3 aromatic carbocycles. The number of alkyl halides is 1. The van der Waals surface area contributed by atoms with Gasteiger partial charge in [0.2, 0.25) is 0 Å². The number of nitrogens with zero attached hydrogens (tertiary/aromatic N) is 6. The van der Waals surface area contributed by atoms with Crippen LogP contribution < -0.4 is 15.0 Å².